The van der Waals surface area contributed by atoms with Gasteiger partial charge in [-0.25, -0.2) is 4.39 Å². The van der Waals surface area contributed by atoms with Crippen LogP contribution in [0.5, 0.6) is 0 Å². The number of nitrogens with two attached hydrogens (primary N) is 1. The third-order valence-corrected chi connectivity index (χ3v) is 3.51. The van der Waals surface area contributed by atoms with E-state index >= 15 is 0 Å². The van der Waals surface area contributed by atoms with Gasteiger partial charge in [0.05, 0.1) is 10.0 Å². The molecule has 20 heavy (non-hydrogen) atoms. The minimum absolute atomic E-state index is 0.0470. The van der Waals surface area contributed by atoms with Crippen LogP contribution in [0.25, 0.3) is 0 Å². The molecule has 0 atom stereocenters. The topological polar surface area (TPSA) is 46.3 Å². The average Bonchev–Trinajstić information content (AvgIpc) is 2.41. The second-order valence-electron chi connectivity index (χ2n) is 4.51. The Hall–Kier alpha value is -1.88. The quantitative estimate of drug-likeness (QED) is 0.872. The van der Waals surface area contributed by atoms with Crippen LogP contribution in [0.2, 0.25) is 0 Å². The van der Waals surface area contributed by atoms with Crippen LogP contribution in [-0.4, -0.2) is 17.9 Å². The van der Waals surface area contributed by atoms with Crippen LogP contribution in [-0.2, 0) is 6.54 Å². The van der Waals surface area contributed by atoms with Crippen LogP contribution in [0.4, 0.5) is 10.1 Å². The van der Waals surface area contributed by atoms with Crippen molar-refractivity contribution in [1.29, 1.82) is 0 Å². The largest absolute Gasteiger partial charge is 0.399 e. The minimum atomic E-state index is -0.545. The number of carbonyl (C=O) groups excluding carboxylic acids is 1. The van der Waals surface area contributed by atoms with Crippen molar-refractivity contribution in [1.82, 2.24) is 4.90 Å². The van der Waals surface area contributed by atoms with Crippen molar-refractivity contribution in [2.24, 2.45) is 0 Å². The second-order valence-corrected chi connectivity index (χ2v) is 5.36. The lowest BCUT2D eigenvalue weighted by atomic mass is 10.1. The fourth-order valence-corrected chi connectivity index (χ4v) is 2.28. The SMILES string of the molecule is CN(Cc1cccc(N)c1)C(=O)c1cccc(Br)c1F. The summed E-state index contributed by atoms with van der Waals surface area (Å²) in [4.78, 5) is 13.7. The summed E-state index contributed by atoms with van der Waals surface area (Å²) in [6.45, 7) is 0.371. The number of halogens is 2. The van der Waals surface area contributed by atoms with E-state index in [2.05, 4.69) is 15.9 Å². The van der Waals surface area contributed by atoms with Crippen LogP contribution in [0.15, 0.2) is 46.9 Å². The van der Waals surface area contributed by atoms with Crippen LogP contribution in [0, 0.1) is 5.82 Å². The zero-order valence-electron chi connectivity index (χ0n) is 10.9. The van der Waals surface area contributed by atoms with E-state index in [1.807, 2.05) is 12.1 Å². The Morgan fingerprint density at radius 2 is 2.00 bits per heavy atom. The van der Waals surface area contributed by atoms with Gasteiger partial charge in [0.15, 0.2) is 0 Å². The third kappa shape index (κ3) is 3.17. The number of benzene rings is 2. The summed E-state index contributed by atoms with van der Waals surface area (Å²) in [6.07, 6.45) is 0. The molecule has 2 aromatic carbocycles. The molecule has 2 aromatic rings. The Morgan fingerprint density at radius 3 is 2.70 bits per heavy atom. The van der Waals surface area contributed by atoms with E-state index in [9.17, 15) is 9.18 Å². The van der Waals surface area contributed by atoms with Gasteiger partial charge in [0.1, 0.15) is 5.82 Å². The van der Waals surface area contributed by atoms with E-state index in [0.717, 1.165) is 5.56 Å². The number of amides is 1. The maximum Gasteiger partial charge on any atom is 0.256 e. The lowest BCUT2D eigenvalue weighted by Gasteiger charge is -2.18. The summed E-state index contributed by atoms with van der Waals surface area (Å²) in [7, 11) is 1.63. The first-order valence-electron chi connectivity index (χ1n) is 6.03. The van der Waals surface area contributed by atoms with E-state index < -0.39 is 5.82 Å². The number of anilines is 1. The van der Waals surface area contributed by atoms with Gasteiger partial charge in [0, 0.05) is 19.3 Å². The van der Waals surface area contributed by atoms with E-state index in [4.69, 9.17) is 5.73 Å². The number of nitrogen functional groups attached to an aromatic ring is 1. The highest BCUT2D eigenvalue weighted by atomic mass is 79.9. The van der Waals surface area contributed by atoms with E-state index in [0.29, 0.717) is 12.2 Å². The van der Waals surface area contributed by atoms with Gasteiger partial charge in [-0.1, -0.05) is 18.2 Å². The summed E-state index contributed by atoms with van der Waals surface area (Å²) < 4.78 is 14.2. The second kappa shape index (κ2) is 6.05. The summed E-state index contributed by atoms with van der Waals surface area (Å²) >= 11 is 3.08. The van der Waals surface area contributed by atoms with Gasteiger partial charge < -0.3 is 10.6 Å². The summed E-state index contributed by atoms with van der Waals surface area (Å²) in [5.74, 6) is -0.914. The van der Waals surface area contributed by atoms with Gasteiger partial charge >= 0.3 is 0 Å². The maximum absolute atomic E-state index is 13.9. The normalized spacial score (nSPS) is 10.3. The van der Waals surface area contributed by atoms with Crippen molar-refractivity contribution in [3.8, 4) is 0 Å². The lowest BCUT2D eigenvalue weighted by Crippen LogP contribution is -2.27. The van der Waals surface area contributed by atoms with Crippen LogP contribution >= 0.6 is 15.9 Å². The minimum Gasteiger partial charge on any atom is -0.399 e. The number of hydrogen-bond acceptors (Lipinski definition) is 2. The van der Waals surface area contributed by atoms with E-state index in [-0.39, 0.29) is 15.9 Å². The van der Waals surface area contributed by atoms with Crippen molar-refractivity contribution in [3.05, 3.63) is 63.9 Å². The van der Waals surface area contributed by atoms with Crippen molar-refractivity contribution in [2.75, 3.05) is 12.8 Å². The lowest BCUT2D eigenvalue weighted by molar-refractivity contribution is 0.0780. The predicted molar refractivity (Wildman–Crippen MR) is 80.8 cm³/mol. The van der Waals surface area contributed by atoms with Crippen LogP contribution in [0.1, 0.15) is 15.9 Å². The van der Waals surface area contributed by atoms with Crippen LogP contribution < -0.4 is 5.73 Å². The first-order chi connectivity index (χ1) is 9.49. The first-order valence-corrected chi connectivity index (χ1v) is 6.82. The van der Waals surface area contributed by atoms with Gasteiger partial charge in [-0.3, -0.25) is 4.79 Å². The highest BCUT2D eigenvalue weighted by molar-refractivity contribution is 9.10. The molecule has 3 nitrogen and oxygen atoms in total. The molecule has 1 amide bonds. The Morgan fingerprint density at radius 1 is 1.30 bits per heavy atom. The van der Waals surface area contributed by atoms with Crippen molar-refractivity contribution < 1.29 is 9.18 Å². The molecule has 2 N–H and O–H groups in total. The molecule has 0 unspecified atom stereocenters. The summed E-state index contributed by atoms with van der Waals surface area (Å²) in [5, 5.41) is 0. The van der Waals surface area contributed by atoms with Crippen LogP contribution in [0.3, 0.4) is 0 Å². The van der Waals surface area contributed by atoms with Gasteiger partial charge in [-0.15, -0.1) is 0 Å². The molecule has 0 radical (unpaired) electrons. The molecule has 0 spiro atoms. The zero-order valence-corrected chi connectivity index (χ0v) is 12.5. The molecule has 0 aliphatic rings. The molecule has 2 rings (SSSR count). The standard InChI is InChI=1S/C15H14BrFN2O/c1-19(9-10-4-2-5-11(18)8-10)15(20)12-6-3-7-13(16)14(12)17/h2-8H,9,18H2,1H3. The number of hydrogen-bond donors (Lipinski definition) is 1. The van der Waals surface area contributed by atoms with E-state index in [1.54, 1.807) is 31.3 Å². The van der Waals surface area contributed by atoms with Crippen molar-refractivity contribution in [2.45, 2.75) is 6.54 Å². The Balaban J connectivity index is 2.19. The Labute approximate surface area is 125 Å². The smallest absolute Gasteiger partial charge is 0.256 e. The van der Waals surface area contributed by atoms with Crippen molar-refractivity contribution in [3.63, 3.8) is 0 Å². The van der Waals surface area contributed by atoms with Gasteiger partial charge in [-0.2, -0.15) is 0 Å². The Bertz CT molecular complexity index is 646. The molecule has 0 bridgehead atoms. The fraction of sp³-hybridized carbons (Fsp3) is 0.133. The molecule has 0 heterocycles. The monoisotopic (exact) mass is 336 g/mol. The van der Waals surface area contributed by atoms with Gasteiger partial charge in [-0.05, 0) is 45.8 Å². The highest BCUT2D eigenvalue weighted by Gasteiger charge is 2.17. The molecule has 0 saturated heterocycles. The molecule has 0 aromatic heterocycles. The maximum atomic E-state index is 13.9. The predicted octanol–water partition coefficient (Wildman–Crippen LogP) is 3.44. The number of carbonyl (C=O) groups is 1. The number of rotatable bonds is 3. The molecular formula is C15H14BrFN2O. The number of nitrogens with zero attached hydrogens (tertiary/aromatic N) is 1. The first kappa shape index (κ1) is 14.5. The summed E-state index contributed by atoms with van der Waals surface area (Å²) in [5.41, 5.74) is 7.28. The van der Waals surface area contributed by atoms with E-state index in [1.165, 1.54) is 11.0 Å². The van der Waals surface area contributed by atoms with Gasteiger partial charge in [0.25, 0.3) is 5.91 Å². The van der Waals surface area contributed by atoms with Gasteiger partial charge in [0.2, 0.25) is 0 Å². The zero-order chi connectivity index (χ0) is 14.7. The Kier molecular flexibility index (Phi) is 4.39. The molecule has 104 valence electrons. The third-order valence-electron chi connectivity index (χ3n) is 2.90. The summed E-state index contributed by atoms with van der Waals surface area (Å²) in [6, 6.07) is 11.9. The average molecular weight is 337 g/mol. The van der Waals surface area contributed by atoms with Crippen molar-refractivity contribution >= 4 is 27.5 Å². The molecule has 0 aliphatic heterocycles. The fourth-order valence-electron chi connectivity index (χ4n) is 1.91. The molecule has 0 saturated carbocycles. The molecule has 5 heteroatoms. The highest BCUT2D eigenvalue weighted by Crippen LogP contribution is 2.20. The molecule has 0 aliphatic carbocycles. The molecule has 0 fully saturated rings. The molecular weight excluding hydrogens is 323 g/mol.